The summed E-state index contributed by atoms with van der Waals surface area (Å²) in [5.74, 6) is 0. The predicted octanol–water partition coefficient (Wildman–Crippen LogP) is 4.57. The fourth-order valence-corrected chi connectivity index (χ4v) is 1.35. The first-order chi connectivity index (χ1) is 7.34. The summed E-state index contributed by atoms with van der Waals surface area (Å²) in [4.78, 5) is 0. The van der Waals surface area contributed by atoms with Crippen molar-refractivity contribution >= 4 is 17.3 Å². The quantitative estimate of drug-likeness (QED) is 0.830. The molecule has 0 spiro atoms. The molecule has 0 heterocycles. The molecule has 1 atom stereocenters. The number of rotatable bonds is 3. The first-order valence-corrected chi connectivity index (χ1v) is 5.35. The van der Waals surface area contributed by atoms with Gasteiger partial charge in [-0.05, 0) is 31.5 Å². The second kappa shape index (κ2) is 4.95. The molecule has 0 radical (unpaired) electrons. The van der Waals surface area contributed by atoms with Crippen molar-refractivity contribution < 1.29 is 13.2 Å². The van der Waals surface area contributed by atoms with Gasteiger partial charge in [0.05, 0.1) is 16.3 Å². The van der Waals surface area contributed by atoms with Gasteiger partial charge >= 0.3 is 6.18 Å². The van der Waals surface area contributed by atoms with Gasteiger partial charge in [0.25, 0.3) is 0 Å². The zero-order valence-corrected chi connectivity index (χ0v) is 9.78. The maximum atomic E-state index is 12.4. The lowest BCUT2D eigenvalue weighted by atomic mass is 10.1. The Morgan fingerprint density at radius 1 is 1.38 bits per heavy atom. The van der Waals surface area contributed by atoms with Crippen LogP contribution in [-0.2, 0) is 6.18 Å². The van der Waals surface area contributed by atoms with Crippen LogP contribution < -0.4 is 5.32 Å². The fourth-order valence-electron chi connectivity index (χ4n) is 1.18. The highest BCUT2D eigenvalue weighted by Gasteiger charge is 2.30. The summed E-state index contributed by atoms with van der Waals surface area (Å²) in [6.07, 6.45) is -3.52. The molecule has 0 fully saturated rings. The van der Waals surface area contributed by atoms with Gasteiger partial charge in [-0.1, -0.05) is 18.5 Å². The molecule has 0 aliphatic heterocycles. The minimum Gasteiger partial charge on any atom is -0.381 e. The van der Waals surface area contributed by atoms with Gasteiger partial charge in [-0.2, -0.15) is 13.2 Å². The van der Waals surface area contributed by atoms with Crippen molar-refractivity contribution in [2.24, 2.45) is 0 Å². The first-order valence-electron chi connectivity index (χ1n) is 4.98. The molecule has 0 aliphatic carbocycles. The van der Waals surface area contributed by atoms with E-state index in [0.717, 1.165) is 18.6 Å². The normalized spacial score (nSPS) is 13.6. The third-order valence-electron chi connectivity index (χ3n) is 2.31. The van der Waals surface area contributed by atoms with E-state index in [1.54, 1.807) is 0 Å². The number of halogens is 4. The third kappa shape index (κ3) is 3.30. The lowest BCUT2D eigenvalue weighted by Gasteiger charge is -2.16. The van der Waals surface area contributed by atoms with Crippen LogP contribution in [0.15, 0.2) is 18.2 Å². The minimum absolute atomic E-state index is 0.0842. The molecule has 0 bridgehead atoms. The van der Waals surface area contributed by atoms with Crippen molar-refractivity contribution in [3.05, 3.63) is 28.8 Å². The Balaban J connectivity index is 3.00. The van der Waals surface area contributed by atoms with Crippen LogP contribution in [0.5, 0.6) is 0 Å². The monoisotopic (exact) mass is 251 g/mol. The largest absolute Gasteiger partial charge is 0.416 e. The molecule has 0 amide bonds. The molecule has 1 N–H and O–H groups in total. The predicted molar refractivity (Wildman–Crippen MR) is 59.8 cm³/mol. The molecule has 16 heavy (non-hydrogen) atoms. The molecule has 1 unspecified atom stereocenters. The van der Waals surface area contributed by atoms with Crippen molar-refractivity contribution in [3.8, 4) is 0 Å². The molecule has 0 aliphatic rings. The van der Waals surface area contributed by atoms with E-state index in [-0.39, 0.29) is 6.04 Å². The topological polar surface area (TPSA) is 12.0 Å². The van der Waals surface area contributed by atoms with E-state index in [9.17, 15) is 13.2 Å². The number of benzene rings is 1. The summed E-state index contributed by atoms with van der Waals surface area (Å²) in [5.41, 5.74) is -0.367. The van der Waals surface area contributed by atoms with E-state index in [2.05, 4.69) is 5.32 Å². The van der Waals surface area contributed by atoms with Crippen molar-refractivity contribution in [3.63, 3.8) is 0 Å². The van der Waals surface area contributed by atoms with Crippen LogP contribution in [0.25, 0.3) is 0 Å². The highest BCUT2D eigenvalue weighted by atomic mass is 35.5. The SMILES string of the molecule is CCC(C)Nc1cc(C(F)(F)F)ccc1Cl. The van der Waals surface area contributed by atoms with Crippen LogP contribution in [0.1, 0.15) is 25.8 Å². The Hall–Kier alpha value is -0.900. The number of hydrogen-bond acceptors (Lipinski definition) is 1. The Kier molecular flexibility index (Phi) is 4.08. The van der Waals surface area contributed by atoms with Crippen LogP contribution >= 0.6 is 11.6 Å². The zero-order chi connectivity index (χ0) is 12.3. The second-order valence-electron chi connectivity index (χ2n) is 3.65. The first kappa shape index (κ1) is 13.2. The lowest BCUT2D eigenvalue weighted by Crippen LogP contribution is -2.14. The second-order valence-corrected chi connectivity index (χ2v) is 4.05. The molecule has 0 aromatic heterocycles. The molecule has 0 saturated carbocycles. The van der Waals surface area contributed by atoms with Crippen LogP contribution in [-0.4, -0.2) is 6.04 Å². The standard InChI is InChI=1S/C11H13ClF3N/c1-3-7(2)16-10-6-8(11(13,14)15)4-5-9(10)12/h4-7,16H,3H2,1-2H3. The van der Waals surface area contributed by atoms with Gasteiger partial charge in [0.1, 0.15) is 0 Å². The maximum Gasteiger partial charge on any atom is 0.416 e. The molecular weight excluding hydrogens is 239 g/mol. The van der Waals surface area contributed by atoms with Crippen LogP contribution in [0.4, 0.5) is 18.9 Å². The van der Waals surface area contributed by atoms with E-state index in [0.29, 0.717) is 10.7 Å². The Morgan fingerprint density at radius 2 is 2.00 bits per heavy atom. The highest BCUT2D eigenvalue weighted by Crippen LogP contribution is 2.34. The summed E-state index contributed by atoms with van der Waals surface area (Å²) in [5, 5.41) is 3.24. The van der Waals surface area contributed by atoms with E-state index < -0.39 is 11.7 Å². The summed E-state index contributed by atoms with van der Waals surface area (Å²) in [6, 6.07) is 3.36. The summed E-state index contributed by atoms with van der Waals surface area (Å²) in [7, 11) is 0. The molecule has 1 rings (SSSR count). The van der Waals surface area contributed by atoms with Crippen LogP contribution in [0, 0.1) is 0 Å². The molecule has 1 nitrogen and oxygen atoms in total. The van der Waals surface area contributed by atoms with Gasteiger partial charge in [0.2, 0.25) is 0 Å². The molecule has 90 valence electrons. The van der Waals surface area contributed by atoms with Gasteiger partial charge < -0.3 is 5.32 Å². The third-order valence-corrected chi connectivity index (χ3v) is 2.64. The molecule has 0 saturated heterocycles. The smallest absolute Gasteiger partial charge is 0.381 e. The van der Waals surface area contributed by atoms with Crippen molar-refractivity contribution in [2.75, 3.05) is 5.32 Å². The number of hydrogen-bond donors (Lipinski definition) is 1. The number of alkyl halides is 3. The average Bonchev–Trinajstić information content (AvgIpc) is 2.19. The van der Waals surface area contributed by atoms with Gasteiger partial charge in [-0.25, -0.2) is 0 Å². The van der Waals surface area contributed by atoms with Gasteiger partial charge in [-0.3, -0.25) is 0 Å². The van der Waals surface area contributed by atoms with E-state index in [4.69, 9.17) is 11.6 Å². The molecule has 1 aromatic carbocycles. The van der Waals surface area contributed by atoms with E-state index >= 15 is 0 Å². The highest BCUT2D eigenvalue weighted by molar-refractivity contribution is 6.33. The number of nitrogens with one attached hydrogen (secondary N) is 1. The minimum atomic E-state index is -4.34. The molecule has 1 aromatic rings. The van der Waals surface area contributed by atoms with E-state index in [1.807, 2.05) is 13.8 Å². The number of anilines is 1. The summed E-state index contributed by atoms with van der Waals surface area (Å²) < 4.78 is 37.3. The molecular formula is C11H13ClF3N. The Labute approximate surface area is 97.6 Å². The van der Waals surface area contributed by atoms with Crippen LogP contribution in [0.3, 0.4) is 0 Å². The van der Waals surface area contributed by atoms with Gasteiger partial charge in [0.15, 0.2) is 0 Å². The summed E-state index contributed by atoms with van der Waals surface area (Å²) in [6.45, 7) is 3.83. The summed E-state index contributed by atoms with van der Waals surface area (Å²) >= 11 is 5.82. The maximum absolute atomic E-state index is 12.4. The van der Waals surface area contributed by atoms with Crippen molar-refractivity contribution in [1.82, 2.24) is 0 Å². The molecule has 5 heteroatoms. The van der Waals surface area contributed by atoms with Crippen LogP contribution in [0.2, 0.25) is 5.02 Å². The zero-order valence-electron chi connectivity index (χ0n) is 9.03. The van der Waals surface area contributed by atoms with E-state index in [1.165, 1.54) is 6.07 Å². The average molecular weight is 252 g/mol. The fraction of sp³-hybridized carbons (Fsp3) is 0.455. The van der Waals surface area contributed by atoms with Crippen molar-refractivity contribution in [2.45, 2.75) is 32.5 Å². The Bertz CT molecular complexity index is 363. The van der Waals surface area contributed by atoms with Gasteiger partial charge in [-0.15, -0.1) is 0 Å². The Morgan fingerprint density at radius 3 is 2.50 bits per heavy atom. The van der Waals surface area contributed by atoms with Gasteiger partial charge in [0, 0.05) is 6.04 Å². The van der Waals surface area contributed by atoms with Crippen molar-refractivity contribution in [1.29, 1.82) is 0 Å². The lowest BCUT2D eigenvalue weighted by molar-refractivity contribution is -0.137.